The summed E-state index contributed by atoms with van der Waals surface area (Å²) in [5.74, 6) is -1.25. The van der Waals surface area contributed by atoms with Gasteiger partial charge in [-0.15, -0.1) is 0 Å². The summed E-state index contributed by atoms with van der Waals surface area (Å²) in [5, 5.41) is 22.6. The number of nitrogens with one attached hydrogen (secondary N) is 2. The lowest BCUT2D eigenvalue weighted by Crippen LogP contribution is -2.51. The highest BCUT2D eigenvalue weighted by Crippen LogP contribution is 1.97. The van der Waals surface area contributed by atoms with Crippen molar-refractivity contribution in [3.63, 3.8) is 0 Å². The number of hydrogen-bond donors (Lipinski definition) is 4. The SMILES string of the molecule is CCCCCCNC(=O)NC(C(=O)O)C(C)O. The molecule has 0 saturated carbocycles. The Labute approximate surface area is 101 Å². The maximum absolute atomic E-state index is 11.3. The second-order valence-electron chi connectivity index (χ2n) is 4.02. The highest BCUT2D eigenvalue weighted by atomic mass is 16.4. The molecular formula is C11H22N2O4. The molecule has 100 valence electrons. The number of urea groups is 1. The molecule has 2 unspecified atom stereocenters. The lowest BCUT2D eigenvalue weighted by Gasteiger charge is -2.17. The van der Waals surface area contributed by atoms with E-state index in [1.807, 2.05) is 0 Å². The second kappa shape index (κ2) is 8.81. The van der Waals surface area contributed by atoms with Gasteiger partial charge in [-0.05, 0) is 13.3 Å². The Balaban J connectivity index is 3.80. The Hall–Kier alpha value is -1.30. The van der Waals surface area contributed by atoms with E-state index in [0.717, 1.165) is 25.7 Å². The predicted molar refractivity (Wildman–Crippen MR) is 63.8 cm³/mol. The smallest absolute Gasteiger partial charge is 0.328 e. The molecule has 0 aliphatic carbocycles. The minimum Gasteiger partial charge on any atom is -0.480 e. The topological polar surface area (TPSA) is 98.7 Å². The van der Waals surface area contributed by atoms with Crippen LogP contribution in [0.4, 0.5) is 4.79 Å². The first-order chi connectivity index (χ1) is 7.99. The number of rotatable bonds is 8. The van der Waals surface area contributed by atoms with E-state index in [4.69, 9.17) is 10.2 Å². The minimum absolute atomic E-state index is 0.512. The second-order valence-corrected chi connectivity index (χ2v) is 4.02. The third kappa shape index (κ3) is 7.57. The van der Waals surface area contributed by atoms with E-state index in [-0.39, 0.29) is 0 Å². The van der Waals surface area contributed by atoms with E-state index in [1.165, 1.54) is 6.92 Å². The summed E-state index contributed by atoms with van der Waals surface area (Å²) in [6, 6.07) is -1.83. The summed E-state index contributed by atoms with van der Waals surface area (Å²) < 4.78 is 0. The number of amides is 2. The minimum atomic E-state index is -1.27. The van der Waals surface area contributed by atoms with Crippen LogP contribution >= 0.6 is 0 Å². The van der Waals surface area contributed by atoms with Crippen molar-refractivity contribution in [3.05, 3.63) is 0 Å². The van der Waals surface area contributed by atoms with Crippen molar-refractivity contribution in [2.24, 2.45) is 0 Å². The molecule has 0 aliphatic rings. The van der Waals surface area contributed by atoms with Gasteiger partial charge < -0.3 is 20.8 Å². The highest BCUT2D eigenvalue weighted by molar-refractivity contribution is 5.82. The third-order valence-electron chi connectivity index (χ3n) is 2.35. The molecule has 0 aromatic carbocycles. The van der Waals surface area contributed by atoms with Crippen LogP contribution in [0, 0.1) is 0 Å². The molecule has 0 aromatic rings. The van der Waals surface area contributed by atoms with Crippen LogP contribution in [-0.2, 0) is 4.79 Å². The lowest BCUT2D eigenvalue weighted by molar-refractivity contribution is -0.141. The van der Waals surface area contributed by atoms with E-state index in [2.05, 4.69) is 17.6 Å². The Morgan fingerprint density at radius 3 is 2.35 bits per heavy atom. The Kier molecular flexibility index (Phi) is 8.13. The van der Waals surface area contributed by atoms with Gasteiger partial charge in [-0.3, -0.25) is 0 Å². The molecular weight excluding hydrogens is 224 g/mol. The summed E-state index contributed by atoms with van der Waals surface area (Å²) in [7, 11) is 0. The zero-order valence-electron chi connectivity index (χ0n) is 10.4. The van der Waals surface area contributed by atoms with Crippen molar-refractivity contribution in [2.45, 2.75) is 51.7 Å². The van der Waals surface area contributed by atoms with Crippen LogP contribution in [-0.4, -0.2) is 40.9 Å². The average Bonchev–Trinajstić information content (AvgIpc) is 2.24. The fraction of sp³-hybridized carbons (Fsp3) is 0.818. The molecule has 6 nitrogen and oxygen atoms in total. The fourth-order valence-corrected chi connectivity index (χ4v) is 1.33. The number of hydrogen-bond acceptors (Lipinski definition) is 3. The first-order valence-corrected chi connectivity index (χ1v) is 5.94. The molecule has 0 rings (SSSR count). The van der Waals surface area contributed by atoms with Crippen molar-refractivity contribution in [3.8, 4) is 0 Å². The van der Waals surface area contributed by atoms with E-state index >= 15 is 0 Å². The first-order valence-electron chi connectivity index (χ1n) is 5.94. The molecule has 0 fully saturated rings. The van der Waals surface area contributed by atoms with Crippen LogP contribution in [0.15, 0.2) is 0 Å². The molecule has 0 heterocycles. The van der Waals surface area contributed by atoms with Crippen LogP contribution in [0.3, 0.4) is 0 Å². The van der Waals surface area contributed by atoms with Crippen LogP contribution < -0.4 is 10.6 Å². The average molecular weight is 246 g/mol. The molecule has 0 radical (unpaired) electrons. The summed E-state index contributed by atoms with van der Waals surface area (Å²) in [4.78, 5) is 22.0. The van der Waals surface area contributed by atoms with Crippen molar-refractivity contribution in [1.29, 1.82) is 0 Å². The number of carboxylic acid groups (broad SMARTS) is 1. The summed E-state index contributed by atoms with van der Waals surface area (Å²) in [5.41, 5.74) is 0. The number of carboxylic acids is 1. The monoisotopic (exact) mass is 246 g/mol. The molecule has 0 saturated heterocycles. The molecule has 0 aliphatic heterocycles. The number of aliphatic hydroxyl groups excluding tert-OH is 1. The molecule has 6 heteroatoms. The zero-order valence-corrected chi connectivity index (χ0v) is 10.4. The standard InChI is InChI=1S/C11H22N2O4/c1-3-4-5-6-7-12-11(17)13-9(8(2)14)10(15)16/h8-9,14H,3-7H2,1-2H3,(H,15,16)(H2,12,13,17). The van der Waals surface area contributed by atoms with E-state index < -0.39 is 24.1 Å². The van der Waals surface area contributed by atoms with Gasteiger partial charge in [-0.25, -0.2) is 9.59 Å². The maximum atomic E-state index is 11.3. The summed E-state index contributed by atoms with van der Waals surface area (Å²) >= 11 is 0. The van der Waals surface area contributed by atoms with Gasteiger partial charge in [0, 0.05) is 6.54 Å². The fourth-order valence-electron chi connectivity index (χ4n) is 1.33. The van der Waals surface area contributed by atoms with Crippen molar-refractivity contribution < 1.29 is 19.8 Å². The van der Waals surface area contributed by atoms with Crippen LogP contribution in [0.5, 0.6) is 0 Å². The molecule has 0 aromatic heterocycles. The Morgan fingerprint density at radius 2 is 1.88 bits per heavy atom. The van der Waals surface area contributed by atoms with Gasteiger partial charge in [0.15, 0.2) is 6.04 Å². The molecule has 2 atom stereocenters. The number of aliphatic hydroxyl groups is 1. The quantitative estimate of drug-likeness (QED) is 0.474. The van der Waals surface area contributed by atoms with E-state index in [9.17, 15) is 9.59 Å². The molecule has 2 amide bonds. The van der Waals surface area contributed by atoms with Gasteiger partial charge in [0.1, 0.15) is 0 Å². The maximum Gasteiger partial charge on any atom is 0.328 e. The first kappa shape index (κ1) is 15.7. The lowest BCUT2D eigenvalue weighted by atomic mass is 10.2. The van der Waals surface area contributed by atoms with Crippen molar-refractivity contribution >= 4 is 12.0 Å². The number of carbonyl (C=O) groups is 2. The molecule has 4 N–H and O–H groups in total. The van der Waals surface area contributed by atoms with E-state index in [0.29, 0.717) is 6.54 Å². The zero-order chi connectivity index (χ0) is 13.3. The third-order valence-corrected chi connectivity index (χ3v) is 2.35. The van der Waals surface area contributed by atoms with Crippen molar-refractivity contribution in [2.75, 3.05) is 6.54 Å². The van der Waals surface area contributed by atoms with Gasteiger partial charge in [0.05, 0.1) is 6.10 Å². The predicted octanol–water partition coefficient (Wildman–Crippen LogP) is 0.700. The van der Waals surface area contributed by atoms with Crippen LogP contribution in [0.1, 0.15) is 39.5 Å². The Morgan fingerprint density at radius 1 is 1.24 bits per heavy atom. The summed E-state index contributed by atoms with van der Waals surface area (Å²) in [6.45, 7) is 3.93. The highest BCUT2D eigenvalue weighted by Gasteiger charge is 2.24. The molecule has 17 heavy (non-hydrogen) atoms. The van der Waals surface area contributed by atoms with Crippen molar-refractivity contribution in [1.82, 2.24) is 10.6 Å². The van der Waals surface area contributed by atoms with Crippen LogP contribution in [0.2, 0.25) is 0 Å². The van der Waals surface area contributed by atoms with Gasteiger partial charge in [0.25, 0.3) is 0 Å². The van der Waals surface area contributed by atoms with E-state index in [1.54, 1.807) is 0 Å². The Bertz CT molecular complexity index is 244. The van der Waals surface area contributed by atoms with Gasteiger partial charge in [0.2, 0.25) is 0 Å². The van der Waals surface area contributed by atoms with Gasteiger partial charge >= 0.3 is 12.0 Å². The number of carbonyl (C=O) groups excluding carboxylic acids is 1. The largest absolute Gasteiger partial charge is 0.480 e. The number of aliphatic carboxylic acids is 1. The van der Waals surface area contributed by atoms with Crippen LogP contribution in [0.25, 0.3) is 0 Å². The van der Waals surface area contributed by atoms with Gasteiger partial charge in [-0.1, -0.05) is 26.2 Å². The molecule has 0 bridgehead atoms. The summed E-state index contributed by atoms with van der Waals surface area (Å²) in [6.07, 6.45) is 3.02. The normalized spacial score (nSPS) is 13.8. The molecule has 0 spiro atoms. The van der Waals surface area contributed by atoms with Gasteiger partial charge in [-0.2, -0.15) is 0 Å². The number of unbranched alkanes of at least 4 members (excludes halogenated alkanes) is 3.